The topological polar surface area (TPSA) is 90.4 Å². The highest BCUT2D eigenvalue weighted by atomic mass is 32.1. The molecule has 0 amide bonds. The van der Waals surface area contributed by atoms with Crippen LogP contribution in [0.25, 0.3) is 0 Å². The van der Waals surface area contributed by atoms with E-state index >= 15 is 0 Å². The molecule has 84 valence electrons. The second kappa shape index (κ2) is 5.74. The Labute approximate surface area is 92.1 Å². The number of hydrogen-bond donors (Lipinski definition) is 3. The summed E-state index contributed by atoms with van der Waals surface area (Å²) in [5.41, 5.74) is 4.87. The van der Waals surface area contributed by atoms with Crippen molar-refractivity contribution < 1.29 is 9.84 Å². The molecule has 1 heterocycles. The number of nitrogens with two attached hydrogens (primary N) is 1. The number of aliphatic hydroxyl groups excluding tert-OH is 1. The lowest BCUT2D eigenvalue weighted by molar-refractivity contribution is 0.0284. The summed E-state index contributed by atoms with van der Waals surface area (Å²) in [6.07, 6.45) is 1.04. The molecule has 15 heavy (non-hydrogen) atoms. The van der Waals surface area contributed by atoms with Gasteiger partial charge in [-0.3, -0.25) is 4.57 Å². The van der Waals surface area contributed by atoms with Crippen LogP contribution in [0.1, 0.15) is 0 Å². The number of nitrogen functional groups attached to an aromatic ring is 1. The lowest BCUT2D eigenvalue weighted by Crippen LogP contribution is -2.31. The average molecular weight is 231 g/mol. The third-order valence-corrected chi connectivity index (χ3v) is 1.96. The Bertz CT molecular complexity index is 368. The van der Waals surface area contributed by atoms with Crippen LogP contribution in [0.5, 0.6) is 0 Å². The van der Waals surface area contributed by atoms with Gasteiger partial charge < -0.3 is 15.6 Å². The minimum Gasteiger partial charge on any atom is -0.394 e. The van der Waals surface area contributed by atoms with E-state index in [1.165, 1.54) is 16.8 Å². The van der Waals surface area contributed by atoms with Gasteiger partial charge in [0, 0.05) is 6.20 Å². The van der Waals surface area contributed by atoms with Crippen LogP contribution in [0.2, 0.25) is 0 Å². The van der Waals surface area contributed by atoms with E-state index in [4.69, 9.17) is 15.6 Å². The molecule has 0 bridgehead atoms. The van der Waals surface area contributed by atoms with Crippen molar-refractivity contribution in [2.45, 2.75) is 12.6 Å². The highest BCUT2D eigenvalue weighted by molar-refractivity contribution is 7.80. The van der Waals surface area contributed by atoms with Crippen LogP contribution >= 0.6 is 12.6 Å². The number of aromatic nitrogens is 2. The molecule has 0 spiro atoms. The van der Waals surface area contributed by atoms with E-state index in [0.717, 1.165) is 0 Å². The number of thiol groups is 1. The summed E-state index contributed by atoms with van der Waals surface area (Å²) >= 11 is 3.87. The molecule has 7 heteroatoms. The second-order valence-electron chi connectivity index (χ2n) is 2.89. The van der Waals surface area contributed by atoms with Crippen molar-refractivity contribution in [2.24, 2.45) is 0 Å². The lowest BCUT2D eigenvalue weighted by Gasteiger charge is -2.14. The van der Waals surface area contributed by atoms with Gasteiger partial charge in [0.2, 0.25) is 0 Å². The largest absolute Gasteiger partial charge is 0.394 e. The Morgan fingerprint density at radius 3 is 3.00 bits per heavy atom. The third-order valence-electron chi connectivity index (χ3n) is 1.81. The minimum absolute atomic E-state index is 0.173. The van der Waals surface area contributed by atoms with Crippen LogP contribution < -0.4 is 11.4 Å². The number of aliphatic hydroxyl groups is 1. The van der Waals surface area contributed by atoms with Gasteiger partial charge in [-0.1, -0.05) is 0 Å². The van der Waals surface area contributed by atoms with E-state index in [1.54, 1.807) is 0 Å². The molecule has 0 saturated heterocycles. The molecule has 1 aromatic heterocycles. The fraction of sp³-hybridized carbons (Fsp3) is 0.500. The van der Waals surface area contributed by atoms with Crippen LogP contribution in [0.15, 0.2) is 17.1 Å². The van der Waals surface area contributed by atoms with Crippen molar-refractivity contribution in [2.75, 3.05) is 18.3 Å². The van der Waals surface area contributed by atoms with Crippen molar-refractivity contribution in [3.63, 3.8) is 0 Å². The molecule has 0 saturated carbocycles. The Kier molecular flexibility index (Phi) is 4.60. The van der Waals surface area contributed by atoms with Crippen LogP contribution in [0.4, 0.5) is 5.82 Å². The number of anilines is 1. The van der Waals surface area contributed by atoms with Gasteiger partial charge in [-0.15, -0.1) is 0 Å². The predicted molar refractivity (Wildman–Crippen MR) is 58.7 cm³/mol. The van der Waals surface area contributed by atoms with E-state index in [9.17, 15) is 4.79 Å². The molecule has 1 aromatic rings. The van der Waals surface area contributed by atoms with E-state index in [2.05, 4.69) is 17.6 Å². The van der Waals surface area contributed by atoms with Gasteiger partial charge >= 0.3 is 5.69 Å². The maximum atomic E-state index is 11.3. The minimum atomic E-state index is -0.467. The third kappa shape index (κ3) is 3.54. The van der Waals surface area contributed by atoms with Crippen molar-refractivity contribution in [3.8, 4) is 0 Å². The standard InChI is InChI=1S/C8H13N3O3S/c9-7-1-2-11(8(13)10-7)3-6(4-12)14-5-15/h1-2,6,12,15H,3-5H2,(H2,9,10,13). The van der Waals surface area contributed by atoms with Crippen LogP contribution in [0, 0.1) is 0 Å². The highest BCUT2D eigenvalue weighted by Crippen LogP contribution is 1.97. The van der Waals surface area contributed by atoms with E-state index in [0.29, 0.717) is 0 Å². The number of rotatable bonds is 5. The Hall–Kier alpha value is -1.05. The number of nitrogens with zero attached hydrogens (tertiary/aromatic N) is 2. The Morgan fingerprint density at radius 1 is 1.73 bits per heavy atom. The van der Waals surface area contributed by atoms with Gasteiger partial charge in [0.15, 0.2) is 0 Å². The molecule has 0 radical (unpaired) electrons. The van der Waals surface area contributed by atoms with E-state index in [-0.39, 0.29) is 24.9 Å². The van der Waals surface area contributed by atoms with Gasteiger partial charge in [-0.25, -0.2) is 4.79 Å². The molecule has 0 aromatic carbocycles. The molecule has 3 N–H and O–H groups in total. The summed E-state index contributed by atoms with van der Waals surface area (Å²) in [6, 6.07) is 1.51. The van der Waals surface area contributed by atoms with Gasteiger partial charge in [0.25, 0.3) is 0 Å². The second-order valence-corrected chi connectivity index (χ2v) is 3.15. The van der Waals surface area contributed by atoms with Crippen LogP contribution in [-0.2, 0) is 11.3 Å². The zero-order valence-corrected chi connectivity index (χ0v) is 8.93. The molecule has 6 nitrogen and oxygen atoms in total. The molecule has 0 fully saturated rings. The molecule has 1 atom stereocenters. The van der Waals surface area contributed by atoms with Crippen molar-refractivity contribution in [1.82, 2.24) is 9.55 Å². The highest BCUT2D eigenvalue weighted by Gasteiger charge is 2.09. The predicted octanol–water partition coefficient (Wildman–Crippen LogP) is -0.910. The molecule has 1 unspecified atom stereocenters. The fourth-order valence-corrected chi connectivity index (χ4v) is 1.28. The summed E-state index contributed by atoms with van der Waals surface area (Å²) in [6.45, 7) is 0.0422. The van der Waals surface area contributed by atoms with Crippen molar-refractivity contribution >= 4 is 18.4 Å². The summed E-state index contributed by atoms with van der Waals surface area (Å²) < 4.78 is 6.40. The van der Waals surface area contributed by atoms with Gasteiger partial charge in [-0.05, 0) is 6.07 Å². The molecule has 0 aliphatic rings. The molecule has 1 rings (SSSR count). The van der Waals surface area contributed by atoms with E-state index < -0.39 is 11.8 Å². The quantitative estimate of drug-likeness (QED) is 0.451. The van der Waals surface area contributed by atoms with Crippen molar-refractivity contribution in [3.05, 3.63) is 22.7 Å². The van der Waals surface area contributed by atoms with Gasteiger partial charge in [-0.2, -0.15) is 17.6 Å². The Morgan fingerprint density at radius 2 is 2.47 bits per heavy atom. The maximum Gasteiger partial charge on any atom is 0.349 e. The first-order valence-electron chi connectivity index (χ1n) is 4.33. The maximum absolute atomic E-state index is 11.3. The van der Waals surface area contributed by atoms with Crippen LogP contribution in [0.3, 0.4) is 0 Å². The monoisotopic (exact) mass is 231 g/mol. The number of ether oxygens (including phenoxy) is 1. The SMILES string of the molecule is Nc1ccn(CC(CO)OCS)c(=O)n1. The first-order valence-corrected chi connectivity index (χ1v) is 4.97. The molecular weight excluding hydrogens is 218 g/mol. The molecule has 0 aliphatic heterocycles. The van der Waals surface area contributed by atoms with Crippen LogP contribution in [-0.4, -0.2) is 33.3 Å². The number of hydrogen-bond acceptors (Lipinski definition) is 6. The van der Waals surface area contributed by atoms with Gasteiger partial charge in [0.1, 0.15) is 5.82 Å². The fourth-order valence-electron chi connectivity index (χ4n) is 1.07. The first-order chi connectivity index (χ1) is 7.17. The normalized spacial score (nSPS) is 12.7. The first kappa shape index (κ1) is 12.0. The zero-order valence-electron chi connectivity index (χ0n) is 8.04. The summed E-state index contributed by atoms with van der Waals surface area (Å²) in [4.78, 5) is 14.9. The smallest absolute Gasteiger partial charge is 0.349 e. The molecule has 0 aliphatic carbocycles. The van der Waals surface area contributed by atoms with Gasteiger partial charge in [0.05, 0.1) is 25.2 Å². The lowest BCUT2D eigenvalue weighted by atomic mass is 10.3. The van der Waals surface area contributed by atoms with E-state index in [1.807, 2.05) is 0 Å². The van der Waals surface area contributed by atoms with Crippen molar-refractivity contribution in [1.29, 1.82) is 0 Å². The summed E-state index contributed by atoms with van der Waals surface area (Å²) in [5, 5.41) is 8.94. The molecular formula is C8H13N3O3S. The average Bonchev–Trinajstić information content (AvgIpc) is 2.21. The zero-order chi connectivity index (χ0) is 11.3. The summed E-state index contributed by atoms with van der Waals surface area (Å²) in [5.74, 6) is 0.356. The summed E-state index contributed by atoms with van der Waals surface area (Å²) in [7, 11) is 0. The Balaban J connectivity index is 2.75.